The predicted octanol–water partition coefficient (Wildman–Crippen LogP) is 1.83. The van der Waals surface area contributed by atoms with Crippen LogP contribution in [-0.2, 0) is 9.59 Å². The van der Waals surface area contributed by atoms with E-state index in [2.05, 4.69) is 21.2 Å². The SMILES string of the molecule is O=C1CC(NC2CC2)C(=O)N1c1ccc(Br)cc1. The van der Waals surface area contributed by atoms with Gasteiger partial charge in [-0.2, -0.15) is 0 Å². The standard InChI is InChI=1S/C13H13BrN2O2/c14-8-1-5-10(6-2-8)16-12(17)7-11(13(16)18)15-9-3-4-9/h1-2,5-6,9,11,15H,3-4,7H2. The molecule has 1 saturated heterocycles. The Morgan fingerprint density at radius 3 is 2.44 bits per heavy atom. The molecule has 94 valence electrons. The number of benzene rings is 1. The first kappa shape index (κ1) is 11.9. The van der Waals surface area contributed by atoms with Crippen LogP contribution in [0.5, 0.6) is 0 Å². The average Bonchev–Trinajstić information content (AvgIpc) is 3.10. The van der Waals surface area contributed by atoms with Gasteiger partial charge in [-0.05, 0) is 37.1 Å². The van der Waals surface area contributed by atoms with E-state index in [0.717, 1.165) is 17.3 Å². The summed E-state index contributed by atoms with van der Waals surface area (Å²) in [4.78, 5) is 25.4. The fourth-order valence-corrected chi connectivity index (χ4v) is 2.42. The monoisotopic (exact) mass is 308 g/mol. The van der Waals surface area contributed by atoms with Crippen molar-refractivity contribution in [2.45, 2.75) is 31.3 Å². The first-order chi connectivity index (χ1) is 8.65. The number of carbonyl (C=O) groups is 2. The van der Waals surface area contributed by atoms with Crippen molar-refractivity contribution in [3.63, 3.8) is 0 Å². The molecule has 1 atom stereocenters. The van der Waals surface area contributed by atoms with Crippen LogP contribution in [0.1, 0.15) is 19.3 Å². The summed E-state index contributed by atoms with van der Waals surface area (Å²) in [5, 5.41) is 3.22. The first-order valence-corrected chi connectivity index (χ1v) is 6.83. The van der Waals surface area contributed by atoms with Crippen LogP contribution in [0.25, 0.3) is 0 Å². The highest BCUT2D eigenvalue weighted by molar-refractivity contribution is 9.10. The Morgan fingerprint density at radius 1 is 1.17 bits per heavy atom. The highest BCUT2D eigenvalue weighted by Crippen LogP contribution is 2.27. The predicted molar refractivity (Wildman–Crippen MR) is 71.2 cm³/mol. The molecule has 18 heavy (non-hydrogen) atoms. The Hall–Kier alpha value is -1.20. The molecule has 3 rings (SSSR count). The molecule has 0 spiro atoms. The minimum atomic E-state index is -0.339. The fraction of sp³-hybridized carbons (Fsp3) is 0.385. The average molecular weight is 309 g/mol. The number of halogens is 1. The minimum Gasteiger partial charge on any atom is -0.303 e. The van der Waals surface area contributed by atoms with Crippen molar-refractivity contribution in [2.24, 2.45) is 0 Å². The molecule has 1 N–H and O–H groups in total. The van der Waals surface area contributed by atoms with Crippen LogP contribution in [0, 0.1) is 0 Å². The van der Waals surface area contributed by atoms with Gasteiger partial charge in [0, 0.05) is 10.5 Å². The second-order valence-corrected chi connectivity index (χ2v) is 5.66. The number of nitrogens with zero attached hydrogens (tertiary/aromatic N) is 1. The molecule has 1 aromatic rings. The minimum absolute atomic E-state index is 0.125. The topological polar surface area (TPSA) is 49.4 Å². The zero-order valence-corrected chi connectivity index (χ0v) is 11.3. The summed E-state index contributed by atoms with van der Waals surface area (Å²) in [6.07, 6.45) is 2.48. The molecular weight excluding hydrogens is 296 g/mol. The molecule has 2 aliphatic rings. The lowest BCUT2D eigenvalue weighted by molar-refractivity contribution is -0.121. The second-order valence-electron chi connectivity index (χ2n) is 4.74. The smallest absolute Gasteiger partial charge is 0.251 e. The van der Waals surface area contributed by atoms with Gasteiger partial charge in [-0.15, -0.1) is 0 Å². The van der Waals surface area contributed by atoms with Crippen LogP contribution >= 0.6 is 15.9 Å². The van der Waals surface area contributed by atoms with Gasteiger partial charge in [0.2, 0.25) is 5.91 Å². The quantitative estimate of drug-likeness (QED) is 0.867. The molecule has 4 nitrogen and oxygen atoms in total. The Balaban J connectivity index is 1.80. The van der Waals surface area contributed by atoms with E-state index < -0.39 is 0 Å². The third-order valence-electron chi connectivity index (χ3n) is 3.25. The third-order valence-corrected chi connectivity index (χ3v) is 3.77. The number of anilines is 1. The summed E-state index contributed by atoms with van der Waals surface area (Å²) in [7, 11) is 0. The number of carbonyl (C=O) groups excluding carboxylic acids is 2. The van der Waals surface area contributed by atoms with Crippen LogP contribution in [-0.4, -0.2) is 23.9 Å². The van der Waals surface area contributed by atoms with Crippen molar-refractivity contribution in [3.8, 4) is 0 Å². The van der Waals surface area contributed by atoms with E-state index in [4.69, 9.17) is 0 Å². The molecule has 1 aliphatic carbocycles. The summed E-state index contributed by atoms with van der Waals surface area (Å²) in [5.74, 6) is -0.255. The number of hydrogen-bond acceptors (Lipinski definition) is 3. The van der Waals surface area contributed by atoms with Crippen molar-refractivity contribution >= 4 is 33.4 Å². The number of imide groups is 1. The Bertz CT molecular complexity index is 496. The van der Waals surface area contributed by atoms with Gasteiger partial charge in [0.15, 0.2) is 0 Å². The summed E-state index contributed by atoms with van der Waals surface area (Å²) in [6.45, 7) is 0. The summed E-state index contributed by atoms with van der Waals surface area (Å²) < 4.78 is 0.929. The lowest BCUT2D eigenvalue weighted by Crippen LogP contribution is -2.39. The van der Waals surface area contributed by atoms with E-state index in [1.807, 2.05) is 12.1 Å². The van der Waals surface area contributed by atoms with Gasteiger partial charge < -0.3 is 5.32 Å². The summed E-state index contributed by atoms with van der Waals surface area (Å²) in [5.41, 5.74) is 0.647. The zero-order valence-electron chi connectivity index (χ0n) is 9.73. The molecule has 0 radical (unpaired) electrons. The van der Waals surface area contributed by atoms with Crippen LogP contribution < -0.4 is 10.2 Å². The molecule has 1 aliphatic heterocycles. The molecule has 2 fully saturated rings. The van der Waals surface area contributed by atoms with E-state index in [1.54, 1.807) is 12.1 Å². The van der Waals surface area contributed by atoms with Crippen molar-refractivity contribution in [1.29, 1.82) is 0 Å². The van der Waals surface area contributed by atoms with Crippen molar-refractivity contribution < 1.29 is 9.59 Å². The van der Waals surface area contributed by atoms with Gasteiger partial charge >= 0.3 is 0 Å². The molecule has 1 saturated carbocycles. The lowest BCUT2D eigenvalue weighted by atomic mass is 10.2. The molecular formula is C13H13BrN2O2. The number of amides is 2. The maximum absolute atomic E-state index is 12.2. The fourth-order valence-electron chi connectivity index (χ4n) is 2.16. The van der Waals surface area contributed by atoms with E-state index in [1.165, 1.54) is 4.90 Å². The summed E-state index contributed by atoms with van der Waals surface area (Å²) in [6, 6.07) is 7.30. The molecule has 0 aromatic heterocycles. The number of rotatable bonds is 3. The van der Waals surface area contributed by atoms with E-state index in [-0.39, 0.29) is 24.3 Å². The van der Waals surface area contributed by atoms with Gasteiger partial charge in [-0.25, -0.2) is 4.90 Å². The molecule has 2 amide bonds. The molecule has 1 aromatic carbocycles. The normalized spacial score (nSPS) is 23.8. The van der Waals surface area contributed by atoms with Gasteiger partial charge in [-0.3, -0.25) is 9.59 Å². The van der Waals surface area contributed by atoms with Crippen molar-refractivity contribution in [1.82, 2.24) is 5.32 Å². The highest BCUT2D eigenvalue weighted by atomic mass is 79.9. The van der Waals surface area contributed by atoms with Crippen LogP contribution in [0.2, 0.25) is 0 Å². The van der Waals surface area contributed by atoms with Gasteiger partial charge in [-0.1, -0.05) is 15.9 Å². The third kappa shape index (κ3) is 2.20. The van der Waals surface area contributed by atoms with Crippen molar-refractivity contribution in [3.05, 3.63) is 28.7 Å². The van der Waals surface area contributed by atoms with Crippen LogP contribution in [0.3, 0.4) is 0 Å². The Kier molecular flexibility index (Phi) is 2.95. The Labute approximate surface area is 113 Å². The second kappa shape index (κ2) is 4.48. The molecule has 5 heteroatoms. The maximum atomic E-state index is 12.2. The van der Waals surface area contributed by atoms with Gasteiger partial charge in [0.05, 0.1) is 18.2 Å². The Morgan fingerprint density at radius 2 is 1.83 bits per heavy atom. The molecule has 1 heterocycles. The van der Waals surface area contributed by atoms with Crippen molar-refractivity contribution in [2.75, 3.05) is 4.90 Å². The van der Waals surface area contributed by atoms with E-state index in [9.17, 15) is 9.59 Å². The molecule has 1 unspecified atom stereocenters. The van der Waals surface area contributed by atoms with Gasteiger partial charge in [0.25, 0.3) is 5.91 Å². The first-order valence-electron chi connectivity index (χ1n) is 6.03. The largest absolute Gasteiger partial charge is 0.303 e. The van der Waals surface area contributed by atoms with Crippen LogP contribution in [0.4, 0.5) is 5.69 Å². The zero-order chi connectivity index (χ0) is 12.7. The van der Waals surface area contributed by atoms with Gasteiger partial charge in [0.1, 0.15) is 0 Å². The molecule has 0 bridgehead atoms. The maximum Gasteiger partial charge on any atom is 0.251 e. The highest BCUT2D eigenvalue weighted by Gasteiger charge is 2.41. The number of hydrogen-bond donors (Lipinski definition) is 1. The summed E-state index contributed by atoms with van der Waals surface area (Å²) >= 11 is 3.34. The van der Waals surface area contributed by atoms with Crippen LogP contribution in [0.15, 0.2) is 28.7 Å². The van der Waals surface area contributed by atoms with E-state index in [0.29, 0.717) is 11.7 Å². The lowest BCUT2D eigenvalue weighted by Gasteiger charge is -2.15. The number of nitrogens with one attached hydrogen (secondary N) is 1. The van der Waals surface area contributed by atoms with E-state index >= 15 is 0 Å².